The number of hydrogen-bond acceptors (Lipinski definition) is 3. The van der Waals surface area contributed by atoms with Gasteiger partial charge in [0.25, 0.3) is 5.69 Å². The fourth-order valence-corrected chi connectivity index (χ4v) is 0.966. The van der Waals surface area contributed by atoms with Gasteiger partial charge in [0, 0.05) is 20.2 Å². The van der Waals surface area contributed by atoms with Crippen molar-refractivity contribution in [3.05, 3.63) is 34.4 Å². The Bertz CT molecular complexity index is 390. The Balaban J connectivity index is 2.94. The lowest BCUT2D eigenvalue weighted by Crippen LogP contribution is -2.27. The van der Waals surface area contributed by atoms with Crippen LogP contribution in [0.25, 0.3) is 0 Å². The van der Waals surface area contributed by atoms with E-state index >= 15 is 0 Å². The van der Waals surface area contributed by atoms with E-state index in [-0.39, 0.29) is 11.4 Å². The lowest BCUT2D eigenvalue weighted by molar-refractivity contribution is -0.383. The summed E-state index contributed by atoms with van der Waals surface area (Å²) >= 11 is 0. The molecule has 0 bridgehead atoms. The van der Waals surface area contributed by atoms with Gasteiger partial charge in [-0.2, -0.15) is 0 Å². The van der Waals surface area contributed by atoms with Crippen molar-refractivity contribution in [2.75, 3.05) is 19.4 Å². The number of urea groups is 1. The molecule has 15 heavy (non-hydrogen) atoms. The van der Waals surface area contributed by atoms with E-state index in [0.29, 0.717) is 0 Å². The topological polar surface area (TPSA) is 75.5 Å². The van der Waals surface area contributed by atoms with Crippen molar-refractivity contribution in [3.8, 4) is 0 Å². The van der Waals surface area contributed by atoms with Crippen LogP contribution in [0.15, 0.2) is 24.3 Å². The molecule has 0 radical (unpaired) electrons. The maximum atomic E-state index is 11.3. The lowest BCUT2D eigenvalue weighted by atomic mass is 10.3. The summed E-state index contributed by atoms with van der Waals surface area (Å²) in [5.41, 5.74) is 0.0777. The highest BCUT2D eigenvalue weighted by atomic mass is 16.6. The van der Waals surface area contributed by atoms with E-state index in [9.17, 15) is 14.9 Å². The van der Waals surface area contributed by atoms with Crippen molar-refractivity contribution in [1.82, 2.24) is 4.90 Å². The highest BCUT2D eigenvalue weighted by molar-refractivity contribution is 5.91. The van der Waals surface area contributed by atoms with Gasteiger partial charge in [-0.3, -0.25) is 10.1 Å². The minimum Gasteiger partial charge on any atom is -0.331 e. The number of nitrogens with one attached hydrogen (secondary N) is 1. The number of benzene rings is 1. The number of anilines is 1. The Morgan fingerprint density at radius 2 is 2.00 bits per heavy atom. The Labute approximate surface area is 86.7 Å². The number of nitro benzene ring substituents is 1. The second-order valence-electron chi connectivity index (χ2n) is 3.10. The minimum absolute atomic E-state index is 0.118. The van der Waals surface area contributed by atoms with E-state index in [0.717, 1.165) is 0 Å². The van der Waals surface area contributed by atoms with Gasteiger partial charge in [-0.25, -0.2) is 4.79 Å². The molecule has 0 aliphatic carbocycles. The standard InChI is InChI=1S/C9H11N3O3/c1-11(2)9(13)10-7-5-3-4-6-8(7)12(14)15/h3-6H,1-2H3,(H,10,13). The van der Waals surface area contributed by atoms with Gasteiger partial charge < -0.3 is 10.2 Å². The highest BCUT2D eigenvalue weighted by Crippen LogP contribution is 2.23. The zero-order valence-electron chi connectivity index (χ0n) is 8.43. The maximum absolute atomic E-state index is 11.3. The first-order valence-electron chi connectivity index (χ1n) is 4.24. The van der Waals surface area contributed by atoms with Crippen molar-refractivity contribution in [2.45, 2.75) is 0 Å². The van der Waals surface area contributed by atoms with Crippen LogP contribution in [0.4, 0.5) is 16.2 Å². The first kappa shape index (κ1) is 11.0. The Kier molecular flexibility index (Phi) is 3.22. The van der Waals surface area contributed by atoms with Gasteiger partial charge in [0.1, 0.15) is 5.69 Å². The average molecular weight is 209 g/mol. The predicted molar refractivity (Wildman–Crippen MR) is 55.8 cm³/mol. The molecule has 6 nitrogen and oxygen atoms in total. The molecule has 0 saturated heterocycles. The quantitative estimate of drug-likeness (QED) is 0.594. The van der Waals surface area contributed by atoms with E-state index in [1.54, 1.807) is 26.2 Å². The fourth-order valence-electron chi connectivity index (χ4n) is 0.966. The summed E-state index contributed by atoms with van der Waals surface area (Å²) in [6.45, 7) is 0. The molecule has 0 heterocycles. The molecule has 0 aliphatic heterocycles. The van der Waals surface area contributed by atoms with E-state index < -0.39 is 11.0 Å². The van der Waals surface area contributed by atoms with Crippen molar-refractivity contribution >= 4 is 17.4 Å². The van der Waals surface area contributed by atoms with E-state index in [1.807, 2.05) is 0 Å². The van der Waals surface area contributed by atoms with E-state index in [1.165, 1.54) is 17.0 Å². The van der Waals surface area contributed by atoms with Crippen molar-refractivity contribution in [3.63, 3.8) is 0 Å². The lowest BCUT2D eigenvalue weighted by Gasteiger charge is -2.11. The molecule has 0 fully saturated rings. The van der Waals surface area contributed by atoms with Gasteiger partial charge in [0.15, 0.2) is 0 Å². The number of amides is 2. The smallest absolute Gasteiger partial charge is 0.321 e. The molecule has 0 spiro atoms. The third-order valence-electron chi connectivity index (χ3n) is 1.75. The molecule has 80 valence electrons. The number of nitrogens with zero attached hydrogens (tertiary/aromatic N) is 2. The third kappa shape index (κ3) is 2.67. The molecule has 0 aromatic heterocycles. The SMILES string of the molecule is CN(C)C(=O)Nc1ccccc1[N+](=O)[O-]. The minimum atomic E-state index is -0.536. The Morgan fingerprint density at radius 3 is 2.53 bits per heavy atom. The van der Waals surface area contributed by atoms with Gasteiger partial charge in [0.2, 0.25) is 0 Å². The molecule has 1 rings (SSSR count). The van der Waals surface area contributed by atoms with Crippen molar-refractivity contribution in [1.29, 1.82) is 0 Å². The zero-order valence-corrected chi connectivity index (χ0v) is 8.43. The van der Waals surface area contributed by atoms with Crippen molar-refractivity contribution < 1.29 is 9.72 Å². The van der Waals surface area contributed by atoms with Crippen LogP contribution >= 0.6 is 0 Å². The fraction of sp³-hybridized carbons (Fsp3) is 0.222. The molecular weight excluding hydrogens is 198 g/mol. The molecule has 0 aliphatic rings. The summed E-state index contributed by atoms with van der Waals surface area (Å²) in [6, 6.07) is 5.59. The molecule has 1 aromatic rings. The summed E-state index contributed by atoms with van der Waals surface area (Å²) in [7, 11) is 3.12. The number of hydrogen-bond donors (Lipinski definition) is 1. The van der Waals surface area contributed by atoms with Crippen LogP contribution in [0, 0.1) is 10.1 Å². The number of carbonyl (C=O) groups is 1. The van der Waals surface area contributed by atoms with Gasteiger partial charge >= 0.3 is 6.03 Å². The first-order valence-corrected chi connectivity index (χ1v) is 4.24. The van der Waals surface area contributed by atoms with Gasteiger partial charge in [0.05, 0.1) is 4.92 Å². The van der Waals surface area contributed by atoms with Crippen LogP contribution in [0.2, 0.25) is 0 Å². The first-order chi connectivity index (χ1) is 7.02. The Morgan fingerprint density at radius 1 is 1.40 bits per heavy atom. The number of para-hydroxylation sites is 2. The molecule has 0 unspecified atom stereocenters. The number of carbonyl (C=O) groups excluding carboxylic acids is 1. The van der Waals surface area contributed by atoms with Crippen LogP contribution in [0.1, 0.15) is 0 Å². The summed E-state index contributed by atoms with van der Waals surface area (Å²) < 4.78 is 0. The molecule has 0 atom stereocenters. The van der Waals surface area contributed by atoms with Crippen LogP contribution in [-0.4, -0.2) is 29.9 Å². The summed E-state index contributed by atoms with van der Waals surface area (Å²) in [5.74, 6) is 0. The Hall–Kier alpha value is -2.11. The molecule has 1 aromatic carbocycles. The molecule has 0 saturated carbocycles. The van der Waals surface area contributed by atoms with Crippen LogP contribution < -0.4 is 5.32 Å². The second-order valence-corrected chi connectivity index (χ2v) is 3.10. The summed E-state index contributed by atoms with van der Waals surface area (Å²) in [6.07, 6.45) is 0. The summed E-state index contributed by atoms with van der Waals surface area (Å²) in [4.78, 5) is 22.7. The highest BCUT2D eigenvalue weighted by Gasteiger charge is 2.14. The van der Waals surface area contributed by atoms with Gasteiger partial charge in [-0.1, -0.05) is 12.1 Å². The maximum Gasteiger partial charge on any atom is 0.321 e. The van der Waals surface area contributed by atoms with Crippen LogP contribution in [0.3, 0.4) is 0 Å². The predicted octanol–water partition coefficient (Wildman–Crippen LogP) is 1.69. The largest absolute Gasteiger partial charge is 0.331 e. The second kappa shape index (κ2) is 4.41. The normalized spacial score (nSPS) is 9.47. The molecule has 6 heteroatoms. The van der Waals surface area contributed by atoms with Gasteiger partial charge in [-0.05, 0) is 6.07 Å². The summed E-state index contributed by atoms with van der Waals surface area (Å²) in [5, 5.41) is 13.1. The van der Waals surface area contributed by atoms with Crippen LogP contribution in [-0.2, 0) is 0 Å². The molecular formula is C9H11N3O3. The van der Waals surface area contributed by atoms with E-state index in [4.69, 9.17) is 0 Å². The van der Waals surface area contributed by atoms with Gasteiger partial charge in [-0.15, -0.1) is 0 Å². The average Bonchev–Trinajstić information content (AvgIpc) is 2.18. The number of rotatable bonds is 2. The van der Waals surface area contributed by atoms with Crippen LogP contribution in [0.5, 0.6) is 0 Å². The van der Waals surface area contributed by atoms with Crippen molar-refractivity contribution in [2.24, 2.45) is 0 Å². The molecule has 2 amide bonds. The zero-order chi connectivity index (χ0) is 11.4. The molecule has 1 N–H and O–H groups in total. The number of nitro groups is 1. The van der Waals surface area contributed by atoms with E-state index in [2.05, 4.69) is 5.32 Å². The third-order valence-corrected chi connectivity index (χ3v) is 1.75. The monoisotopic (exact) mass is 209 g/mol.